The predicted molar refractivity (Wildman–Crippen MR) is 78.8 cm³/mol. The van der Waals surface area contributed by atoms with Crippen molar-refractivity contribution in [2.24, 2.45) is 0 Å². The van der Waals surface area contributed by atoms with Crippen LogP contribution in [0.15, 0.2) is 57.0 Å². The summed E-state index contributed by atoms with van der Waals surface area (Å²) in [5.41, 5.74) is 8.70. The Kier molecular flexibility index (Phi) is 3.01. The number of hydrogen-bond acceptors (Lipinski definition) is 3. The van der Waals surface area contributed by atoms with E-state index in [1.54, 1.807) is 0 Å². The van der Waals surface area contributed by atoms with Crippen LogP contribution in [-0.4, -0.2) is 9.97 Å². The molecule has 18 heavy (non-hydrogen) atoms. The lowest BCUT2D eigenvalue weighted by molar-refractivity contribution is 1.08. The summed E-state index contributed by atoms with van der Waals surface area (Å²) >= 11 is 4.98. The van der Waals surface area contributed by atoms with Crippen molar-refractivity contribution < 1.29 is 0 Å². The molecule has 90 valence electrons. The number of aromatic amines is 1. The second-order valence-corrected chi connectivity index (χ2v) is 5.79. The molecule has 0 aliphatic heterocycles. The molecule has 0 radical (unpaired) electrons. The fourth-order valence-electron chi connectivity index (χ4n) is 1.68. The SMILES string of the molecule is Nc1ccc(Br)cc1Sc1nc2ccccc2[nH]1. The molecule has 0 saturated carbocycles. The zero-order valence-corrected chi connectivity index (χ0v) is 11.8. The van der Waals surface area contributed by atoms with Crippen LogP contribution < -0.4 is 5.73 Å². The van der Waals surface area contributed by atoms with Gasteiger partial charge in [0.25, 0.3) is 0 Å². The highest BCUT2D eigenvalue weighted by molar-refractivity contribution is 9.10. The van der Waals surface area contributed by atoms with Crippen molar-refractivity contribution >= 4 is 44.4 Å². The number of anilines is 1. The second kappa shape index (κ2) is 4.66. The number of nitrogens with two attached hydrogens (primary N) is 1. The molecular weight excluding hydrogens is 310 g/mol. The van der Waals surface area contributed by atoms with Crippen LogP contribution in [0.25, 0.3) is 11.0 Å². The van der Waals surface area contributed by atoms with Gasteiger partial charge in [0.15, 0.2) is 5.16 Å². The second-order valence-electron chi connectivity index (χ2n) is 3.84. The number of benzene rings is 2. The van der Waals surface area contributed by atoms with Crippen LogP contribution in [0.1, 0.15) is 0 Å². The van der Waals surface area contributed by atoms with E-state index < -0.39 is 0 Å². The van der Waals surface area contributed by atoms with Crippen molar-refractivity contribution in [1.82, 2.24) is 9.97 Å². The molecule has 0 saturated heterocycles. The monoisotopic (exact) mass is 319 g/mol. The zero-order chi connectivity index (χ0) is 12.5. The van der Waals surface area contributed by atoms with Crippen LogP contribution >= 0.6 is 27.7 Å². The topological polar surface area (TPSA) is 54.7 Å². The number of H-pyrrole nitrogens is 1. The molecular formula is C13H10BrN3S. The van der Waals surface area contributed by atoms with E-state index in [9.17, 15) is 0 Å². The first kappa shape index (κ1) is 11.6. The van der Waals surface area contributed by atoms with Gasteiger partial charge >= 0.3 is 0 Å². The summed E-state index contributed by atoms with van der Waals surface area (Å²) in [7, 11) is 0. The zero-order valence-electron chi connectivity index (χ0n) is 9.35. The molecule has 5 heteroatoms. The molecule has 1 aromatic heterocycles. The summed E-state index contributed by atoms with van der Waals surface area (Å²) in [6.45, 7) is 0. The Morgan fingerprint density at radius 2 is 2.00 bits per heavy atom. The molecule has 0 fully saturated rings. The minimum atomic E-state index is 0.753. The molecule has 1 heterocycles. The molecule has 0 unspecified atom stereocenters. The van der Waals surface area contributed by atoms with Crippen molar-refractivity contribution in [2.75, 3.05) is 5.73 Å². The largest absolute Gasteiger partial charge is 0.398 e. The molecule has 3 rings (SSSR count). The summed E-state index contributed by atoms with van der Waals surface area (Å²) in [5.74, 6) is 0. The van der Waals surface area contributed by atoms with E-state index in [4.69, 9.17) is 5.73 Å². The Labute approximate surface area is 117 Å². The lowest BCUT2D eigenvalue weighted by Crippen LogP contribution is -1.88. The van der Waals surface area contributed by atoms with Gasteiger partial charge < -0.3 is 10.7 Å². The third-order valence-corrected chi connectivity index (χ3v) is 4.00. The van der Waals surface area contributed by atoms with E-state index in [2.05, 4.69) is 25.9 Å². The smallest absolute Gasteiger partial charge is 0.171 e. The van der Waals surface area contributed by atoms with Crippen LogP contribution in [0.3, 0.4) is 0 Å². The first-order chi connectivity index (χ1) is 8.72. The van der Waals surface area contributed by atoms with Crippen LogP contribution in [-0.2, 0) is 0 Å². The maximum atomic E-state index is 5.95. The van der Waals surface area contributed by atoms with Crippen molar-refractivity contribution in [3.63, 3.8) is 0 Å². The Balaban J connectivity index is 1.98. The van der Waals surface area contributed by atoms with E-state index in [0.717, 1.165) is 31.2 Å². The van der Waals surface area contributed by atoms with Gasteiger partial charge in [-0.25, -0.2) is 4.98 Å². The van der Waals surface area contributed by atoms with E-state index in [1.807, 2.05) is 42.5 Å². The Morgan fingerprint density at radius 1 is 1.17 bits per heavy atom. The number of nitrogens with zero attached hydrogens (tertiary/aromatic N) is 1. The third-order valence-electron chi connectivity index (χ3n) is 2.55. The maximum Gasteiger partial charge on any atom is 0.171 e. The highest BCUT2D eigenvalue weighted by Gasteiger charge is 2.07. The summed E-state index contributed by atoms with van der Waals surface area (Å²) in [5, 5.41) is 0.848. The molecule has 3 N–H and O–H groups in total. The molecule has 3 nitrogen and oxygen atoms in total. The minimum absolute atomic E-state index is 0.753. The van der Waals surface area contributed by atoms with Gasteiger partial charge in [0.2, 0.25) is 0 Å². The van der Waals surface area contributed by atoms with Crippen LogP contribution in [0.2, 0.25) is 0 Å². The van der Waals surface area contributed by atoms with Gasteiger partial charge in [-0.1, -0.05) is 28.1 Å². The number of rotatable bonds is 2. The van der Waals surface area contributed by atoms with Gasteiger partial charge in [0, 0.05) is 15.1 Å². The number of aromatic nitrogens is 2. The van der Waals surface area contributed by atoms with Gasteiger partial charge in [0.1, 0.15) is 0 Å². The van der Waals surface area contributed by atoms with Crippen molar-refractivity contribution in [3.8, 4) is 0 Å². The highest BCUT2D eigenvalue weighted by Crippen LogP contribution is 2.33. The number of fused-ring (bicyclic) bond motifs is 1. The molecule has 0 amide bonds. The summed E-state index contributed by atoms with van der Waals surface area (Å²) < 4.78 is 1.01. The maximum absolute atomic E-state index is 5.95. The average Bonchev–Trinajstić information content (AvgIpc) is 2.76. The van der Waals surface area contributed by atoms with Gasteiger partial charge in [-0.2, -0.15) is 0 Å². The van der Waals surface area contributed by atoms with Crippen molar-refractivity contribution in [3.05, 3.63) is 46.9 Å². The molecule has 3 aromatic rings. The van der Waals surface area contributed by atoms with Crippen molar-refractivity contribution in [1.29, 1.82) is 0 Å². The lowest BCUT2D eigenvalue weighted by atomic mass is 10.3. The number of nitrogen functional groups attached to an aromatic ring is 1. The lowest BCUT2D eigenvalue weighted by Gasteiger charge is -2.03. The third kappa shape index (κ3) is 2.23. The summed E-state index contributed by atoms with van der Waals surface area (Å²) in [6, 6.07) is 13.8. The molecule has 0 bridgehead atoms. The summed E-state index contributed by atoms with van der Waals surface area (Å²) in [6.07, 6.45) is 0. The Bertz CT molecular complexity index is 675. The first-order valence-electron chi connectivity index (χ1n) is 5.40. The molecule has 2 aromatic carbocycles. The number of hydrogen-bond donors (Lipinski definition) is 2. The van der Waals surface area contributed by atoms with E-state index in [-0.39, 0.29) is 0 Å². The first-order valence-corrected chi connectivity index (χ1v) is 7.01. The molecule has 0 spiro atoms. The standard InChI is InChI=1S/C13H10BrN3S/c14-8-5-6-9(15)12(7-8)18-13-16-10-3-1-2-4-11(10)17-13/h1-7H,15H2,(H,16,17). The summed E-state index contributed by atoms with van der Waals surface area (Å²) in [4.78, 5) is 8.78. The van der Waals surface area contributed by atoms with Gasteiger partial charge in [0.05, 0.1) is 11.0 Å². The fourth-order valence-corrected chi connectivity index (χ4v) is 3.08. The van der Waals surface area contributed by atoms with Gasteiger partial charge in [-0.15, -0.1) is 0 Å². The van der Waals surface area contributed by atoms with Crippen LogP contribution in [0, 0.1) is 0 Å². The Hall–Kier alpha value is -1.46. The number of para-hydroxylation sites is 2. The number of halogens is 1. The van der Waals surface area contributed by atoms with Gasteiger partial charge in [-0.3, -0.25) is 0 Å². The van der Waals surface area contributed by atoms with Crippen molar-refractivity contribution in [2.45, 2.75) is 10.1 Å². The van der Waals surface area contributed by atoms with E-state index in [0.29, 0.717) is 0 Å². The normalized spacial score (nSPS) is 10.9. The van der Waals surface area contributed by atoms with Crippen LogP contribution in [0.4, 0.5) is 5.69 Å². The Morgan fingerprint density at radius 3 is 2.83 bits per heavy atom. The minimum Gasteiger partial charge on any atom is -0.398 e. The molecule has 0 atom stereocenters. The number of nitrogens with one attached hydrogen (secondary N) is 1. The van der Waals surface area contributed by atoms with E-state index in [1.165, 1.54) is 11.8 Å². The highest BCUT2D eigenvalue weighted by atomic mass is 79.9. The molecule has 0 aliphatic rings. The average molecular weight is 320 g/mol. The predicted octanol–water partition coefficient (Wildman–Crippen LogP) is 4.06. The quantitative estimate of drug-likeness (QED) is 0.700. The van der Waals surface area contributed by atoms with E-state index >= 15 is 0 Å². The number of imidazole rings is 1. The van der Waals surface area contributed by atoms with Gasteiger partial charge in [-0.05, 0) is 42.1 Å². The van der Waals surface area contributed by atoms with Crippen LogP contribution in [0.5, 0.6) is 0 Å². The fraction of sp³-hybridized carbons (Fsp3) is 0. The molecule has 0 aliphatic carbocycles.